The summed E-state index contributed by atoms with van der Waals surface area (Å²) in [6.07, 6.45) is 1.77. The largest absolute Gasteiger partial charge is 0.316 e. The molecule has 0 aliphatic carbocycles. The van der Waals surface area contributed by atoms with E-state index in [2.05, 4.69) is 31.3 Å². The zero-order valence-electron chi connectivity index (χ0n) is 11.5. The van der Waals surface area contributed by atoms with E-state index in [0.29, 0.717) is 12.3 Å². The van der Waals surface area contributed by atoms with Crippen LogP contribution in [0.1, 0.15) is 24.0 Å². The van der Waals surface area contributed by atoms with Gasteiger partial charge in [-0.15, -0.1) is 0 Å². The Balaban J connectivity index is 2.05. The predicted molar refractivity (Wildman–Crippen MR) is 74.9 cm³/mol. The monoisotopic (exact) mass is 246 g/mol. The van der Waals surface area contributed by atoms with E-state index >= 15 is 0 Å². The van der Waals surface area contributed by atoms with Crippen molar-refractivity contribution in [3.63, 3.8) is 0 Å². The van der Waals surface area contributed by atoms with Crippen molar-refractivity contribution >= 4 is 11.6 Å². The Morgan fingerprint density at radius 3 is 2.83 bits per heavy atom. The van der Waals surface area contributed by atoms with Crippen LogP contribution >= 0.6 is 0 Å². The molecule has 1 aliphatic rings. The van der Waals surface area contributed by atoms with Crippen molar-refractivity contribution in [3.8, 4) is 0 Å². The van der Waals surface area contributed by atoms with Crippen LogP contribution in [0.3, 0.4) is 0 Å². The summed E-state index contributed by atoms with van der Waals surface area (Å²) in [4.78, 5) is 14.0. The zero-order valence-corrected chi connectivity index (χ0v) is 11.5. The maximum atomic E-state index is 12.2. The van der Waals surface area contributed by atoms with Gasteiger partial charge in [0.25, 0.3) is 0 Å². The number of hydrogen-bond donors (Lipinski definition) is 1. The molecule has 98 valence electrons. The van der Waals surface area contributed by atoms with Crippen LogP contribution in [0.5, 0.6) is 0 Å². The maximum Gasteiger partial charge on any atom is 0.227 e. The Hall–Kier alpha value is -1.35. The topological polar surface area (TPSA) is 32.3 Å². The molecule has 1 aromatic carbocycles. The van der Waals surface area contributed by atoms with E-state index in [1.165, 1.54) is 5.56 Å². The number of rotatable bonds is 3. The van der Waals surface area contributed by atoms with Gasteiger partial charge in [-0.05, 0) is 50.9 Å². The van der Waals surface area contributed by atoms with Crippen molar-refractivity contribution < 1.29 is 4.79 Å². The van der Waals surface area contributed by atoms with E-state index < -0.39 is 0 Å². The Labute approximate surface area is 109 Å². The van der Waals surface area contributed by atoms with Crippen molar-refractivity contribution in [2.24, 2.45) is 5.92 Å². The summed E-state index contributed by atoms with van der Waals surface area (Å²) in [5.41, 5.74) is 3.42. The van der Waals surface area contributed by atoms with E-state index in [1.54, 1.807) is 4.90 Å². The van der Waals surface area contributed by atoms with Gasteiger partial charge in [-0.1, -0.05) is 17.7 Å². The molecule has 1 fully saturated rings. The smallest absolute Gasteiger partial charge is 0.227 e. The Morgan fingerprint density at radius 2 is 2.22 bits per heavy atom. The van der Waals surface area contributed by atoms with Crippen molar-refractivity contribution in [2.45, 2.75) is 26.7 Å². The van der Waals surface area contributed by atoms with Crippen LogP contribution in [-0.2, 0) is 4.79 Å². The number of nitrogens with one attached hydrogen (secondary N) is 1. The molecule has 1 unspecified atom stereocenters. The first-order valence-electron chi connectivity index (χ1n) is 6.62. The van der Waals surface area contributed by atoms with Crippen molar-refractivity contribution in [1.82, 2.24) is 5.32 Å². The molecule has 0 aromatic heterocycles. The summed E-state index contributed by atoms with van der Waals surface area (Å²) in [6, 6.07) is 6.22. The number of nitrogens with zero attached hydrogens (tertiary/aromatic N) is 1. The van der Waals surface area contributed by atoms with Gasteiger partial charge in [-0.2, -0.15) is 0 Å². The highest BCUT2D eigenvalue weighted by Gasteiger charge is 2.21. The Kier molecular flexibility index (Phi) is 4.02. The molecule has 1 saturated heterocycles. The molecule has 2 rings (SSSR count). The molecular weight excluding hydrogens is 224 g/mol. The zero-order chi connectivity index (χ0) is 13.1. The van der Waals surface area contributed by atoms with Crippen molar-refractivity contribution in [1.29, 1.82) is 0 Å². The first-order chi connectivity index (χ1) is 8.58. The van der Waals surface area contributed by atoms with Crippen LogP contribution in [0.4, 0.5) is 5.69 Å². The summed E-state index contributed by atoms with van der Waals surface area (Å²) in [7, 11) is 1.88. The molecule has 1 heterocycles. The predicted octanol–water partition coefficient (Wildman–Crippen LogP) is 2.27. The van der Waals surface area contributed by atoms with E-state index in [-0.39, 0.29) is 5.91 Å². The lowest BCUT2D eigenvalue weighted by Crippen LogP contribution is -2.29. The van der Waals surface area contributed by atoms with Gasteiger partial charge >= 0.3 is 0 Å². The van der Waals surface area contributed by atoms with Gasteiger partial charge in [0.1, 0.15) is 0 Å². The third kappa shape index (κ3) is 2.91. The molecule has 1 N–H and O–H groups in total. The number of benzene rings is 1. The second-order valence-corrected chi connectivity index (χ2v) is 5.31. The Morgan fingerprint density at radius 1 is 1.44 bits per heavy atom. The number of amides is 1. The molecule has 1 amide bonds. The summed E-state index contributed by atoms with van der Waals surface area (Å²) >= 11 is 0. The molecule has 1 aliphatic heterocycles. The number of aryl methyl sites for hydroxylation is 2. The normalized spacial score (nSPS) is 18.9. The molecule has 3 nitrogen and oxygen atoms in total. The highest BCUT2D eigenvalue weighted by Crippen LogP contribution is 2.22. The molecular formula is C15H22N2O. The van der Waals surface area contributed by atoms with Gasteiger partial charge in [-0.3, -0.25) is 4.79 Å². The minimum atomic E-state index is 0.218. The molecule has 3 heteroatoms. The molecule has 18 heavy (non-hydrogen) atoms. The summed E-state index contributed by atoms with van der Waals surface area (Å²) in [5, 5.41) is 3.30. The highest BCUT2D eigenvalue weighted by atomic mass is 16.2. The second kappa shape index (κ2) is 5.53. The molecule has 1 aromatic rings. The fourth-order valence-electron chi connectivity index (χ4n) is 2.59. The van der Waals surface area contributed by atoms with Gasteiger partial charge in [0.15, 0.2) is 0 Å². The van der Waals surface area contributed by atoms with E-state index in [4.69, 9.17) is 0 Å². The number of carbonyl (C=O) groups excluding carboxylic acids is 1. The first kappa shape index (κ1) is 13.1. The summed E-state index contributed by atoms with van der Waals surface area (Å²) < 4.78 is 0. The maximum absolute atomic E-state index is 12.2. The number of carbonyl (C=O) groups is 1. The molecule has 0 radical (unpaired) electrons. The summed E-state index contributed by atoms with van der Waals surface area (Å²) in [5.74, 6) is 0.723. The number of anilines is 1. The van der Waals surface area contributed by atoms with Crippen LogP contribution in [0, 0.1) is 19.8 Å². The van der Waals surface area contributed by atoms with Crippen LogP contribution < -0.4 is 10.2 Å². The molecule has 0 bridgehead atoms. The van der Waals surface area contributed by atoms with Gasteiger partial charge in [-0.25, -0.2) is 0 Å². The first-order valence-corrected chi connectivity index (χ1v) is 6.62. The van der Waals surface area contributed by atoms with Gasteiger partial charge in [0, 0.05) is 19.2 Å². The minimum Gasteiger partial charge on any atom is -0.316 e. The molecule has 1 atom stereocenters. The fraction of sp³-hybridized carbons (Fsp3) is 0.533. The van der Waals surface area contributed by atoms with Crippen molar-refractivity contribution in [2.75, 3.05) is 25.0 Å². The standard InChI is InChI=1S/C15H22N2O/c1-11-4-5-14(12(2)8-11)17(3)15(18)9-13-6-7-16-10-13/h4-5,8,13,16H,6-7,9-10H2,1-3H3. The average Bonchev–Trinajstić information content (AvgIpc) is 2.81. The third-order valence-electron chi connectivity index (χ3n) is 3.71. The van der Waals surface area contributed by atoms with Gasteiger partial charge < -0.3 is 10.2 Å². The van der Waals surface area contributed by atoms with Crippen LogP contribution in [-0.4, -0.2) is 26.0 Å². The minimum absolute atomic E-state index is 0.218. The van der Waals surface area contributed by atoms with E-state index in [0.717, 1.165) is 30.8 Å². The lowest BCUT2D eigenvalue weighted by atomic mass is 10.0. The van der Waals surface area contributed by atoms with Crippen LogP contribution in [0.2, 0.25) is 0 Å². The van der Waals surface area contributed by atoms with Crippen LogP contribution in [0.25, 0.3) is 0 Å². The van der Waals surface area contributed by atoms with E-state index in [9.17, 15) is 4.79 Å². The average molecular weight is 246 g/mol. The van der Waals surface area contributed by atoms with E-state index in [1.807, 2.05) is 13.1 Å². The highest BCUT2D eigenvalue weighted by molar-refractivity contribution is 5.93. The Bertz CT molecular complexity index is 436. The second-order valence-electron chi connectivity index (χ2n) is 5.31. The van der Waals surface area contributed by atoms with Gasteiger partial charge in [0.2, 0.25) is 5.91 Å². The summed E-state index contributed by atoms with van der Waals surface area (Å²) in [6.45, 7) is 6.16. The lowest BCUT2D eigenvalue weighted by Gasteiger charge is -2.21. The third-order valence-corrected chi connectivity index (χ3v) is 3.71. The SMILES string of the molecule is Cc1ccc(N(C)C(=O)CC2CCNC2)c(C)c1. The molecule has 0 spiro atoms. The van der Waals surface area contributed by atoms with Crippen LogP contribution in [0.15, 0.2) is 18.2 Å². The lowest BCUT2D eigenvalue weighted by molar-refractivity contribution is -0.119. The molecule has 0 saturated carbocycles. The number of hydrogen-bond acceptors (Lipinski definition) is 2. The quantitative estimate of drug-likeness (QED) is 0.887. The van der Waals surface area contributed by atoms with Crippen molar-refractivity contribution in [3.05, 3.63) is 29.3 Å². The van der Waals surface area contributed by atoms with Gasteiger partial charge in [0.05, 0.1) is 0 Å². The fourth-order valence-corrected chi connectivity index (χ4v) is 2.59.